The first kappa shape index (κ1) is 14.4. The molecule has 0 saturated carbocycles. The molecular formula is C13H17N5OS. The summed E-state index contributed by atoms with van der Waals surface area (Å²) < 4.78 is 0. The number of thiol groups is 1. The van der Waals surface area contributed by atoms with Gasteiger partial charge in [0.05, 0.1) is 5.69 Å². The molecule has 1 atom stereocenters. The van der Waals surface area contributed by atoms with E-state index in [4.69, 9.17) is 11.5 Å². The minimum absolute atomic E-state index is 0.0206. The van der Waals surface area contributed by atoms with Gasteiger partial charge in [0.25, 0.3) is 0 Å². The van der Waals surface area contributed by atoms with Gasteiger partial charge in [-0.05, 0) is 18.6 Å². The third-order valence-electron chi connectivity index (χ3n) is 2.96. The highest BCUT2D eigenvalue weighted by Gasteiger charge is 2.29. The lowest BCUT2D eigenvalue weighted by molar-refractivity contribution is -0.124. The average Bonchev–Trinajstić information content (AvgIpc) is 2.71. The zero-order valence-corrected chi connectivity index (χ0v) is 12.0. The summed E-state index contributed by atoms with van der Waals surface area (Å²) >= 11 is 4.26. The Morgan fingerprint density at radius 3 is 2.70 bits per heavy atom. The molecule has 1 aromatic rings. The second-order valence-electron chi connectivity index (χ2n) is 4.59. The highest BCUT2D eigenvalue weighted by Crippen LogP contribution is 2.17. The minimum atomic E-state index is -0.102. The summed E-state index contributed by atoms with van der Waals surface area (Å²) in [7, 11) is 0. The summed E-state index contributed by atoms with van der Waals surface area (Å²) in [5, 5.41) is -0.0224. The molecule has 4 N–H and O–H groups in total. The van der Waals surface area contributed by atoms with Crippen molar-refractivity contribution in [3.63, 3.8) is 0 Å². The summed E-state index contributed by atoms with van der Waals surface area (Å²) in [5.74, 6) is -0.0245. The molecule has 1 saturated heterocycles. The molecule has 1 amide bonds. The summed E-state index contributed by atoms with van der Waals surface area (Å²) in [5.41, 5.74) is 13.2. The van der Waals surface area contributed by atoms with Crippen LogP contribution in [0.15, 0.2) is 34.3 Å². The molecule has 1 aromatic carbocycles. The van der Waals surface area contributed by atoms with E-state index in [0.29, 0.717) is 13.0 Å². The van der Waals surface area contributed by atoms with Gasteiger partial charge in [-0.25, -0.2) is 4.99 Å². The number of guanidine groups is 2. The van der Waals surface area contributed by atoms with Gasteiger partial charge in [-0.3, -0.25) is 9.69 Å². The predicted octanol–water partition coefficient (Wildman–Crippen LogP) is 0.787. The fraction of sp³-hybridized carbons (Fsp3) is 0.308. The molecule has 0 spiro atoms. The minimum Gasteiger partial charge on any atom is -0.369 e. The molecule has 106 valence electrons. The number of rotatable bonds is 1. The monoisotopic (exact) mass is 291 g/mol. The van der Waals surface area contributed by atoms with Crippen molar-refractivity contribution in [3.8, 4) is 0 Å². The van der Waals surface area contributed by atoms with Crippen molar-refractivity contribution in [1.82, 2.24) is 4.90 Å². The molecular weight excluding hydrogens is 274 g/mol. The molecule has 1 aliphatic heterocycles. The molecule has 2 rings (SSSR count). The van der Waals surface area contributed by atoms with Crippen molar-refractivity contribution >= 4 is 36.1 Å². The third-order valence-corrected chi connectivity index (χ3v) is 3.31. The molecule has 20 heavy (non-hydrogen) atoms. The molecule has 1 heterocycles. The third kappa shape index (κ3) is 3.30. The van der Waals surface area contributed by atoms with Crippen molar-refractivity contribution in [2.75, 3.05) is 6.54 Å². The van der Waals surface area contributed by atoms with Crippen LogP contribution in [0.3, 0.4) is 0 Å². The summed E-state index contributed by atoms with van der Waals surface area (Å²) in [6.45, 7) is 2.36. The van der Waals surface area contributed by atoms with E-state index in [1.54, 1.807) is 0 Å². The quantitative estimate of drug-likeness (QED) is 0.405. The maximum atomic E-state index is 11.7. The Morgan fingerprint density at radius 1 is 1.40 bits per heavy atom. The second kappa shape index (κ2) is 5.96. The number of nitrogens with two attached hydrogens (primary N) is 2. The Bertz CT molecular complexity index is 584. The molecule has 0 aromatic heterocycles. The van der Waals surface area contributed by atoms with E-state index in [9.17, 15) is 4.79 Å². The van der Waals surface area contributed by atoms with E-state index >= 15 is 0 Å². The fourth-order valence-electron chi connectivity index (χ4n) is 1.93. The predicted molar refractivity (Wildman–Crippen MR) is 83.2 cm³/mol. The van der Waals surface area contributed by atoms with Crippen LogP contribution >= 0.6 is 12.6 Å². The fourth-order valence-corrected chi connectivity index (χ4v) is 2.24. The van der Waals surface area contributed by atoms with E-state index in [-0.39, 0.29) is 23.1 Å². The van der Waals surface area contributed by atoms with E-state index in [2.05, 4.69) is 22.6 Å². The van der Waals surface area contributed by atoms with Gasteiger partial charge in [0.2, 0.25) is 17.8 Å². The van der Waals surface area contributed by atoms with Crippen molar-refractivity contribution in [1.29, 1.82) is 0 Å². The van der Waals surface area contributed by atoms with Crippen molar-refractivity contribution < 1.29 is 4.79 Å². The van der Waals surface area contributed by atoms with Gasteiger partial charge in [-0.1, -0.05) is 18.2 Å². The smallest absolute Gasteiger partial charge is 0.230 e. The summed E-state index contributed by atoms with van der Waals surface area (Å²) in [6, 6.07) is 7.53. The van der Waals surface area contributed by atoms with Crippen molar-refractivity contribution in [2.45, 2.75) is 18.6 Å². The van der Waals surface area contributed by atoms with Crippen LogP contribution < -0.4 is 11.5 Å². The number of carbonyl (C=O) groups excluding carboxylic acids is 1. The van der Waals surface area contributed by atoms with Gasteiger partial charge in [-0.2, -0.15) is 17.6 Å². The van der Waals surface area contributed by atoms with E-state index in [0.717, 1.165) is 11.3 Å². The molecule has 1 fully saturated rings. The highest BCUT2D eigenvalue weighted by molar-refractivity contribution is 7.81. The van der Waals surface area contributed by atoms with Gasteiger partial charge in [-0.15, -0.1) is 0 Å². The number of likely N-dealkylation sites (tertiary alicyclic amines) is 1. The van der Waals surface area contributed by atoms with E-state index < -0.39 is 0 Å². The topological polar surface area (TPSA) is 97.1 Å². The highest BCUT2D eigenvalue weighted by atomic mass is 32.1. The Labute approximate surface area is 123 Å². The van der Waals surface area contributed by atoms with Crippen LogP contribution in [0.2, 0.25) is 0 Å². The van der Waals surface area contributed by atoms with E-state index in [1.165, 1.54) is 4.90 Å². The number of hydrogen-bond donors (Lipinski definition) is 3. The number of benzene rings is 1. The van der Waals surface area contributed by atoms with Gasteiger partial charge >= 0.3 is 0 Å². The number of para-hydroxylation sites is 1. The van der Waals surface area contributed by atoms with Gasteiger partial charge in [0, 0.05) is 18.2 Å². The van der Waals surface area contributed by atoms with Crippen LogP contribution in [0.5, 0.6) is 0 Å². The van der Waals surface area contributed by atoms with Gasteiger partial charge < -0.3 is 11.5 Å². The zero-order chi connectivity index (χ0) is 14.7. The Balaban J connectivity index is 2.18. The largest absolute Gasteiger partial charge is 0.369 e. The maximum absolute atomic E-state index is 11.7. The van der Waals surface area contributed by atoms with Crippen LogP contribution in [-0.2, 0) is 4.79 Å². The first-order valence-electron chi connectivity index (χ1n) is 6.19. The number of hydrogen-bond acceptors (Lipinski definition) is 3. The molecule has 0 aliphatic carbocycles. The summed E-state index contributed by atoms with van der Waals surface area (Å²) in [4.78, 5) is 21.2. The number of aryl methyl sites for hydroxylation is 1. The Hall–Kier alpha value is -2.02. The number of carbonyl (C=O) groups is 1. The Kier molecular flexibility index (Phi) is 4.29. The van der Waals surface area contributed by atoms with Crippen LogP contribution in [0, 0.1) is 6.92 Å². The van der Waals surface area contributed by atoms with E-state index in [1.807, 2.05) is 31.2 Å². The first-order chi connectivity index (χ1) is 9.47. The lowest BCUT2D eigenvalue weighted by atomic mass is 10.2. The molecule has 6 nitrogen and oxygen atoms in total. The normalized spacial score (nSPS) is 20.6. The number of amides is 1. The Morgan fingerprint density at radius 2 is 2.10 bits per heavy atom. The molecule has 0 bridgehead atoms. The standard InChI is InChI=1S/C13H17N5OS/c1-8-4-2-3-5-10(8)16-12(14)17-13(15)18-7-9(20)6-11(18)19/h2-5,9,20H,6-7H2,1H3,(H4,14,15,16,17). The molecule has 0 radical (unpaired) electrons. The first-order valence-corrected chi connectivity index (χ1v) is 6.71. The second-order valence-corrected chi connectivity index (χ2v) is 5.32. The summed E-state index contributed by atoms with van der Waals surface area (Å²) in [6.07, 6.45) is 0.355. The van der Waals surface area contributed by atoms with Gasteiger partial charge in [0.15, 0.2) is 0 Å². The number of aliphatic imine (C=N–C) groups is 2. The van der Waals surface area contributed by atoms with Crippen LogP contribution in [0.25, 0.3) is 0 Å². The lowest BCUT2D eigenvalue weighted by Gasteiger charge is -2.14. The zero-order valence-electron chi connectivity index (χ0n) is 11.2. The average molecular weight is 291 g/mol. The van der Waals surface area contributed by atoms with Crippen molar-refractivity contribution in [2.24, 2.45) is 21.5 Å². The van der Waals surface area contributed by atoms with Crippen molar-refractivity contribution in [3.05, 3.63) is 29.8 Å². The lowest BCUT2D eigenvalue weighted by Crippen LogP contribution is -2.39. The van der Waals surface area contributed by atoms with Crippen LogP contribution in [-0.4, -0.2) is 34.5 Å². The van der Waals surface area contributed by atoms with Gasteiger partial charge in [0.1, 0.15) is 0 Å². The molecule has 1 aliphatic rings. The molecule has 7 heteroatoms. The maximum Gasteiger partial charge on any atom is 0.230 e. The number of nitrogens with zero attached hydrogens (tertiary/aromatic N) is 3. The molecule has 1 unspecified atom stereocenters. The SMILES string of the molecule is Cc1ccccc1N=C(N)/N=C(\N)N1CC(S)CC1=O. The van der Waals surface area contributed by atoms with Crippen LogP contribution in [0.1, 0.15) is 12.0 Å². The van der Waals surface area contributed by atoms with Crippen LogP contribution in [0.4, 0.5) is 5.69 Å².